The first-order valence-corrected chi connectivity index (χ1v) is 6.82. The van der Waals surface area contributed by atoms with Crippen molar-refractivity contribution in [2.24, 2.45) is 0 Å². The standard InChI is InChI=1S/C13H13F3N2OS/c1-9(12-6-20-8-17-12)18-10-2-4-11(5-3-10)19-7-13(14,15)16/h2-6,8-9,18H,7H2,1H3. The zero-order valence-corrected chi connectivity index (χ0v) is 11.5. The van der Waals surface area contributed by atoms with E-state index in [0.717, 1.165) is 11.4 Å². The van der Waals surface area contributed by atoms with Crippen LogP contribution in [0.25, 0.3) is 0 Å². The number of hydrogen-bond acceptors (Lipinski definition) is 4. The minimum absolute atomic E-state index is 0.0307. The van der Waals surface area contributed by atoms with E-state index in [1.807, 2.05) is 12.3 Å². The summed E-state index contributed by atoms with van der Waals surface area (Å²) < 4.78 is 40.7. The van der Waals surface area contributed by atoms with Crippen molar-refractivity contribution in [3.05, 3.63) is 40.8 Å². The van der Waals surface area contributed by atoms with E-state index in [2.05, 4.69) is 15.0 Å². The van der Waals surface area contributed by atoms with Gasteiger partial charge in [-0.15, -0.1) is 11.3 Å². The van der Waals surface area contributed by atoms with Gasteiger partial charge in [-0.05, 0) is 31.2 Å². The first kappa shape index (κ1) is 14.6. The van der Waals surface area contributed by atoms with E-state index in [1.165, 1.54) is 23.5 Å². The van der Waals surface area contributed by atoms with E-state index in [1.54, 1.807) is 17.6 Å². The minimum atomic E-state index is -4.32. The number of ether oxygens (including phenoxy) is 1. The molecule has 0 aliphatic carbocycles. The van der Waals surface area contributed by atoms with Crippen LogP contribution in [0.1, 0.15) is 18.7 Å². The Morgan fingerprint density at radius 2 is 2.00 bits per heavy atom. The van der Waals surface area contributed by atoms with E-state index in [9.17, 15) is 13.2 Å². The molecule has 20 heavy (non-hydrogen) atoms. The summed E-state index contributed by atoms with van der Waals surface area (Å²) in [6, 6.07) is 6.38. The molecule has 0 saturated heterocycles. The lowest BCUT2D eigenvalue weighted by atomic mass is 10.2. The van der Waals surface area contributed by atoms with Crippen molar-refractivity contribution in [2.45, 2.75) is 19.1 Å². The van der Waals surface area contributed by atoms with Gasteiger partial charge in [0.2, 0.25) is 0 Å². The molecule has 0 spiro atoms. The number of benzene rings is 1. The van der Waals surface area contributed by atoms with Gasteiger partial charge in [0, 0.05) is 11.1 Å². The number of nitrogens with one attached hydrogen (secondary N) is 1. The summed E-state index contributed by atoms with van der Waals surface area (Å²) in [6.45, 7) is 0.679. The highest BCUT2D eigenvalue weighted by Crippen LogP contribution is 2.23. The molecule has 0 amide bonds. The van der Waals surface area contributed by atoms with Crippen LogP contribution in [-0.2, 0) is 0 Å². The Balaban J connectivity index is 1.91. The molecule has 0 saturated carbocycles. The maximum Gasteiger partial charge on any atom is 0.422 e. The largest absolute Gasteiger partial charge is 0.484 e. The smallest absolute Gasteiger partial charge is 0.422 e. The highest BCUT2D eigenvalue weighted by molar-refractivity contribution is 7.07. The molecule has 3 nitrogen and oxygen atoms in total. The van der Waals surface area contributed by atoms with E-state index >= 15 is 0 Å². The monoisotopic (exact) mass is 302 g/mol. The molecule has 2 rings (SSSR count). The van der Waals surface area contributed by atoms with Gasteiger partial charge in [0.15, 0.2) is 6.61 Å². The van der Waals surface area contributed by atoms with Crippen molar-refractivity contribution in [3.8, 4) is 5.75 Å². The highest BCUT2D eigenvalue weighted by Gasteiger charge is 2.28. The fourth-order valence-electron chi connectivity index (χ4n) is 1.57. The Labute approximate surface area is 118 Å². The molecule has 108 valence electrons. The van der Waals surface area contributed by atoms with Crippen LogP contribution in [-0.4, -0.2) is 17.8 Å². The fourth-order valence-corrected chi connectivity index (χ4v) is 2.22. The third kappa shape index (κ3) is 4.41. The lowest BCUT2D eigenvalue weighted by molar-refractivity contribution is -0.153. The maximum absolute atomic E-state index is 12.0. The van der Waals surface area contributed by atoms with Gasteiger partial charge in [0.1, 0.15) is 5.75 Å². The summed E-state index contributed by atoms with van der Waals surface area (Å²) in [5.41, 5.74) is 3.47. The summed E-state index contributed by atoms with van der Waals surface area (Å²) in [5.74, 6) is 0.189. The molecule has 1 N–H and O–H groups in total. The van der Waals surface area contributed by atoms with E-state index < -0.39 is 12.8 Å². The van der Waals surface area contributed by atoms with Crippen LogP contribution in [0, 0.1) is 0 Å². The quantitative estimate of drug-likeness (QED) is 0.896. The molecule has 1 unspecified atom stereocenters. The second-order valence-corrected chi connectivity index (χ2v) is 4.93. The van der Waals surface area contributed by atoms with E-state index in [4.69, 9.17) is 0 Å². The molecule has 1 atom stereocenters. The number of alkyl halides is 3. The summed E-state index contributed by atoms with van der Waals surface area (Å²) >= 11 is 1.51. The molecule has 0 radical (unpaired) electrons. The van der Waals surface area contributed by atoms with Crippen LogP contribution in [0.4, 0.5) is 18.9 Å². The average molecular weight is 302 g/mol. The molecular formula is C13H13F3N2OS. The summed E-state index contributed by atoms with van der Waals surface area (Å²) in [6.07, 6.45) is -4.32. The zero-order chi connectivity index (χ0) is 14.6. The van der Waals surface area contributed by atoms with Crippen LogP contribution in [0.5, 0.6) is 5.75 Å². The molecule has 0 aliphatic rings. The van der Waals surface area contributed by atoms with Gasteiger partial charge in [0.25, 0.3) is 0 Å². The number of thiazole rings is 1. The van der Waals surface area contributed by atoms with Gasteiger partial charge in [-0.3, -0.25) is 0 Å². The number of halogens is 3. The van der Waals surface area contributed by atoms with Crippen molar-refractivity contribution in [1.29, 1.82) is 0 Å². The number of aromatic nitrogens is 1. The predicted octanol–water partition coefficient (Wildman–Crippen LogP) is 4.26. The van der Waals surface area contributed by atoms with Crippen molar-refractivity contribution in [1.82, 2.24) is 4.98 Å². The second-order valence-electron chi connectivity index (χ2n) is 4.21. The van der Waals surface area contributed by atoms with Gasteiger partial charge in [0.05, 0.1) is 17.2 Å². The summed E-state index contributed by atoms with van der Waals surface area (Å²) in [7, 11) is 0. The van der Waals surface area contributed by atoms with Crippen LogP contribution in [0.15, 0.2) is 35.2 Å². The topological polar surface area (TPSA) is 34.1 Å². The number of rotatable bonds is 5. The molecule has 1 heterocycles. The number of anilines is 1. The van der Waals surface area contributed by atoms with E-state index in [0.29, 0.717) is 0 Å². The summed E-state index contributed by atoms with van der Waals surface area (Å²) in [4.78, 5) is 4.19. The molecule has 0 aliphatic heterocycles. The lowest BCUT2D eigenvalue weighted by Crippen LogP contribution is -2.19. The normalized spacial score (nSPS) is 13.0. The summed E-state index contributed by atoms with van der Waals surface area (Å²) in [5, 5.41) is 5.15. The van der Waals surface area contributed by atoms with Crippen molar-refractivity contribution in [3.63, 3.8) is 0 Å². The molecule has 0 bridgehead atoms. The average Bonchev–Trinajstić information content (AvgIpc) is 2.91. The molecule has 1 aromatic carbocycles. The Bertz CT molecular complexity index is 526. The highest BCUT2D eigenvalue weighted by atomic mass is 32.1. The molecule has 2 aromatic rings. The van der Waals surface area contributed by atoms with Crippen LogP contribution in [0.3, 0.4) is 0 Å². The van der Waals surface area contributed by atoms with Crippen LogP contribution >= 0.6 is 11.3 Å². The first-order valence-electron chi connectivity index (χ1n) is 5.88. The van der Waals surface area contributed by atoms with Gasteiger partial charge >= 0.3 is 6.18 Å². The fraction of sp³-hybridized carbons (Fsp3) is 0.308. The van der Waals surface area contributed by atoms with Gasteiger partial charge < -0.3 is 10.1 Å². The predicted molar refractivity (Wildman–Crippen MR) is 72.1 cm³/mol. The van der Waals surface area contributed by atoms with Gasteiger partial charge in [-0.2, -0.15) is 13.2 Å². The second kappa shape index (κ2) is 6.13. The molecule has 0 fully saturated rings. The van der Waals surface area contributed by atoms with Gasteiger partial charge in [-0.25, -0.2) is 4.98 Å². The molecular weight excluding hydrogens is 289 g/mol. The Hall–Kier alpha value is -1.76. The Kier molecular flexibility index (Phi) is 4.49. The van der Waals surface area contributed by atoms with E-state index in [-0.39, 0.29) is 11.8 Å². The van der Waals surface area contributed by atoms with Crippen molar-refractivity contribution < 1.29 is 17.9 Å². The number of hydrogen-bond donors (Lipinski definition) is 1. The third-order valence-electron chi connectivity index (χ3n) is 2.54. The first-order chi connectivity index (χ1) is 9.44. The van der Waals surface area contributed by atoms with Crippen LogP contribution < -0.4 is 10.1 Å². The van der Waals surface area contributed by atoms with Gasteiger partial charge in [-0.1, -0.05) is 0 Å². The third-order valence-corrected chi connectivity index (χ3v) is 3.14. The van der Waals surface area contributed by atoms with Crippen molar-refractivity contribution in [2.75, 3.05) is 11.9 Å². The lowest BCUT2D eigenvalue weighted by Gasteiger charge is -2.14. The minimum Gasteiger partial charge on any atom is -0.484 e. The molecule has 7 heteroatoms. The number of nitrogens with zero attached hydrogens (tertiary/aromatic N) is 1. The zero-order valence-electron chi connectivity index (χ0n) is 10.6. The van der Waals surface area contributed by atoms with Crippen molar-refractivity contribution >= 4 is 17.0 Å². The molecule has 1 aromatic heterocycles. The van der Waals surface area contributed by atoms with Crippen LogP contribution in [0.2, 0.25) is 0 Å². The Morgan fingerprint density at radius 1 is 1.30 bits per heavy atom. The maximum atomic E-state index is 12.0. The SMILES string of the molecule is CC(Nc1ccc(OCC(F)(F)F)cc1)c1cscn1. The Morgan fingerprint density at radius 3 is 2.55 bits per heavy atom.